The van der Waals surface area contributed by atoms with Crippen LogP contribution in [0.15, 0.2) is 47.4 Å². The predicted octanol–water partition coefficient (Wildman–Crippen LogP) is 2.16. The van der Waals surface area contributed by atoms with E-state index in [-0.39, 0.29) is 10.8 Å². The number of nitrogens with one attached hydrogen (secondary N) is 2. The summed E-state index contributed by atoms with van der Waals surface area (Å²) < 4.78 is 42.8. The number of carbonyl (C=O) groups excluding carboxylic acids is 1. The van der Waals surface area contributed by atoms with Crippen LogP contribution in [0.5, 0.6) is 11.5 Å². The number of ether oxygens (including phenoxy) is 3. The summed E-state index contributed by atoms with van der Waals surface area (Å²) in [5, 5.41) is 5.86. The molecule has 9 nitrogen and oxygen atoms in total. The molecule has 0 unspecified atom stereocenters. The van der Waals surface area contributed by atoms with Gasteiger partial charge >= 0.3 is 0 Å². The lowest BCUT2D eigenvalue weighted by Crippen LogP contribution is -2.40. The first-order valence-electron chi connectivity index (χ1n) is 9.82. The van der Waals surface area contributed by atoms with Gasteiger partial charge in [0.05, 0.1) is 32.3 Å². The van der Waals surface area contributed by atoms with Gasteiger partial charge in [-0.15, -0.1) is 0 Å². The fourth-order valence-electron chi connectivity index (χ4n) is 3.16. The zero-order valence-corrected chi connectivity index (χ0v) is 18.6. The lowest BCUT2D eigenvalue weighted by molar-refractivity contribution is -0.116. The summed E-state index contributed by atoms with van der Waals surface area (Å²) in [6, 6.07) is 10.9. The maximum atomic E-state index is 12.8. The van der Waals surface area contributed by atoms with Gasteiger partial charge in [-0.05, 0) is 37.3 Å². The maximum absolute atomic E-state index is 12.8. The van der Waals surface area contributed by atoms with E-state index in [0.29, 0.717) is 49.2 Å². The average Bonchev–Trinajstić information content (AvgIpc) is 2.79. The third-order valence-corrected chi connectivity index (χ3v) is 6.76. The van der Waals surface area contributed by atoms with E-state index in [9.17, 15) is 13.2 Å². The second-order valence-electron chi connectivity index (χ2n) is 6.97. The minimum absolute atomic E-state index is 0.132. The molecule has 0 aliphatic carbocycles. The van der Waals surface area contributed by atoms with Gasteiger partial charge < -0.3 is 24.8 Å². The van der Waals surface area contributed by atoms with Crippen LogP contribution in [0.1, 0.15) is 6.92 Å². The van der Waals surface area contributed by atoms with Crippen molar-refractivity contribution in [2.24, 2.45) is 0 Å². The van der Waals surface area contributed by atoms with E-state index >= 15 is 0 Å². The highest BCUT2D eigenvalue weighted by Gasteiger charge is 2.26. The molecule has 0 bridgehead atoms. The van der Waals surface area contributed by atoms with Gasteiger partial charge in [-0.1, -0.05) is 6.07 Å². The molecule has 1 atom stereocenters. The summed E-state index contributed by atoms with van der Waals surface area (Å²) >= 11 is 0. The summed E-state index contributed by atoms with van der Waals surface area (Å²) in [6.07, 6.45) is 0. The van der Waals surface area contributed by atoms with E-state index in [0.717, 1.165) is 0 Å². The molecule has 2 N–H and O–H groups in total. The summed E-state index contributed by atoms with van der Waals surface area (Å²) in [5.41, 5.74) is 1.09. The van der Waals surface area contributed by atoms with Crippen molar-refractivity contribution in [3.05, 3.63) is 42.5 Å². The topological polar surface area (TPSA) is 106 Å². The normalized spacial score (nSPS) is 15.7. The Morgan fingerprint density at radius 2 is 1.74 bits per heavy atom. The Bertz CT molecular complexity index is 1020. The Labute approximate surface area is 182 Å². The van der Waals surface area contributed by atoms with E-state index in [4.69, 9.17) is 14.2 Å². The monoisotopic (exact) mass is 449 g/mol. The van der Waals surface area contributed by atoms with E-state index < -0.39 is 16.1 Å². The van der Waals surface area contributed by atoms with Gasteiger partial charge in [0.1, 0.15) is 6.04 Å². The molecular formula is C21H27N3O6S. The number of methoxy groups -OCH3 is 2. The number of amides is 1. The van der Waals surface area contributed by atoms with Crippen molar-refractivity contribution in [2.75, 3.05) is 51.2 Å². The maximum Gasteiger partial charge on any atom is 0.246 e. The Balaban J connectivity index is 1.68. The van der Waals surface area contributed by atoms with E-state index in [1.807, 2.05) is 0 Å². The van der Waals surface area contributed by atoms with Crippen molar-refractivity contribution in [1.82, 2.24) is 4.31 Å². The highest BCUT2D eigenvalue weighted by atomic mass is 32.2. The fraction of sp³-hybridized carbons (Fsp3) is 0.381. The molecule has 1 aliphatic heterocycles. The van der Waals surface area contributed by atoms with Crippen molar-refractivity contribution in [2.45, 2.75) is 17.9 Å². The van der Waals surface area contributed by atoms with Gasteiger partial charge in [-0.3, -0.25) is 4.79 Å². The van der Waals surface area contributed by atoms with Gasteiger partial charge in [-0.2, -0.15) is 4.31 Å². The van der Waals surface area contributed by atoms with Crippen LogP contribution in [-0.2, 0) is 19.6 Å². The number of hydrogen-bond acceptors (Lipinski definition) is 7. The van der Waals surface area contributed by atoms with E-state index in [2.05, 4.69) is 10.6 Å². The summed E-state index contributed by atoms with van der Waals surface area (Å²) in [4.78, 5) is 12.8. The molecule has 31 heavy (non-hydrogen) atoms. The molecule has 0 aromatic heterocycles. The van der Waals surface area contributed by atoms with Gasteiger partial charge in [0.15, 0.2) is 11.5 Å². The molecule has 168 valence electrons. The molecule has 2 aromatic carbocycles. The molecule has 3 rings (SSSR count). The summed E-state index contributed by atoms with van der Waals surface area (Å²) in [7, 11) is -0.555. The number of sulfonamides is 1. The Kier molecular flexibility index (Phi) is 7.37. The Morgan fingerprint density at radius 1 is 1.03 bits per heavy atom. The van der Waals surface area contributed by atoms with Crippen LogP contribution in [0.2, 0.25) is 0 Å². The highest BCUT2D eigenvalue weighted by molar-refractivity contribution is 7.89. The minimum atomic E-state index is -3.64. The van der Waals surface area contributed by atoms with E-state index in [1.54, 1.807) is 44.4 Å². The third kappa shape index (κ3) is 5.46. The fourth-order valence-corrected chi connectivity index (χ4v) is 4.62. The quantitative estimate of drug-likeness (QED) is 0.636. The number of benzene rings is 2. The lowest BCUT2D eigenvalue weighted by atomic mass is 10.2. The molecule has 1 heterocycles. The number of carbonyl (C=O) groups is 1. The largest absolute Gasteiger partial charge is 0.493 e. The van der Waals surface area contributed by atoms with Crippen LogP contribution in [0.3, 0.4) is 0 Å². The Hall–Kier alpha value is -2.82. The summed E-state index contributed by atoms with van der Waals surface area (Å²) in [6.45, 7) is 3.07. The first-order chi connectivity index (χ1) is 14.8. The predicted molar refractivity (Wildman–Crippen MR) is 117 cm³/mol. The van der Waals surface area contributed by atoms with Crippen molar-refractivity contribution in [3.8, 4) is 11.5 Å². The smallest absolute Gasteiger partial charge is 0.246 e. The summed E-state index contributed by atoms with van der Waals surface area (Å²) in [5.74, 6) is 0.820. The SMILES string of the molecule is COc1ccc(N[C@@H](C)C(=O)Nc2cccc(S(=O)(=O)N3CCOCC3)c2)cc1OC. The van der Waals surface area contributed by atoms with Crippen LogP contribution in [0, 0.1) is 0 Å². The van der Waals surface area contributed by atoms with Crippen molar-refractivity contribution < 1.29 is 27.4 Å². The number of morpholine rings is 1. The molecule has 10 heteroatoms. The van der Waals surface area contributed by atoms with Crippen molar-refractivity contribution >= 4 is 27.3 Å². The number of rotatable bonds is 8. The molecule has 0 spiro atoms. The number of anilines is 2. The van der Waals surface area contributed by atoms with Crippen molar-refractivity contribution in [3.63, 3.8) is 0 Å². The minimum Gasteiger partial charge on any atom is -0.493 e. The standard InChI is InChI=1S/C21H27N3O6S/c1-15(22-17-7-8-19(28-2)20(14-17)29-3)21(25)23-16-5-4-6-18(13-16)31(26,27)24-9-11-30-12-10-24/h4-8,13-15,22H,9-12H2,1-3H3,(H,23,25)/t15-/m0/s1. The zero-order valence-electron chi connectivity index (χ0n) is 17.8. The van der Waals surface area contributed by atoms with Gasteiger partial charge in [0.2, 0.25) is 15.9 Å². The van der Waals surface area contributed by atoms with Crippen LogP contribution < -0.4 is 20.1 Å². The molecule has 0 radical (unpaired) electrons. The van der Waals surface area contributed by atoms with Gasteiger partial charge in [0, 0.05) is 30.5 Å². The first kappa shape index (κ1) is 22.9. The molecule has 0 saturated carbocycles. The van der Waals surface area contributed by atoms with Crippen LogP contribution >= 0.6 is 0 Å². The lowest BCUT2D eigenvalue weighted by Gasteiger charge is -2.26. The van der Waals surface area contributed by atoms with Crippen molar-refractivity contribution in [1.29, 1.82) is 0 Å². The van der Waals surface area contributed by atoms with E-state index in [1.165, 1.54) is 23.5 Å². The third-order valence-electron chi connectivity index (χ3n) is 4.87. The van der Waals surface area contributed by atoms with Crippen LogP contribution in [0.4, 0.5) is 11.4 Å². The van der Waals surface area contributed by atoms with Gasteiger partial charge in [-0.25, -0.2) is 8.42 Å². The van der Waals surface area contributed by atoms with Crippen LogP contribution in [-0.4, -0.2) is 65.2 Å². The molecule has 2 aromatic rings. The van der Waals surface area contributed by atoms with Gasteiger partial charge in [0.25, 0.3) is 0 Å². The molecular weight excluding hydrogens is 422 g/mol. The molecule has 1 saturated heterocycles. The Morgan fingerprint density at radius 3 is 2.42 bits per heavy atom. The molecule has 1 aliphatic rings. The molecule has 1 fully saturated rings. The second kappa shape index (κ2) is 9.99. The molecule has 1 amide bonds. The average molecular weight is 450 g/mol. The van der Waals surface area contributed by atoms with Crippen LogP contribution in [0.25, 0.3) is 0 Å². The number of nitrogens with zero attached hydrogens (tertiary/aromatic N) is 1. The second-order valence-corrected chi connectivity index (χ2v) is 8.91. The number of hydrogen-bond donors (Lipinski definition) is 2. The highest BCUT2D eigenvalue weighted by Crippen LogP contribution is 2.30. The zero-order chi connectivity index (χ0) is 22.4. The first-order valence-corrected chi connectivity index (χ1v) is 11.3.